The molecule has 1 aliphatic rings. The summed E-state index contributed by atoms with van der Waals surface area (Å²) in [4.78, 5) is 4.14. The highest BCUT2D eigenvalue weighted by Crippen LogP contribution is 2.25. The largest absolute Gasteiger partial charge is 0.491 e. The first-order valence-corrected chi connectivity index (χ1v) is 6.60. The van der Waals surface area contributed by atoms with Crippen LogP contribution in [0.3, 0.4) is 0 Å². The fraction of sp³-hybridized carbons (Fsp3) is 0.643. The van der Waals surface area contributed by atoms with Gasteiger partial charge in [0.15, 0.2) is 0 Å². The van der Waals surface area contributed by atoms with Crippen LogP contribution in [0.2, 0.25) is 0 Å². The first-order valence-electron chi connectivity index (χ1n) is 6.60. The number of pyridine rings is 1. The molecule has 0 amide bonds. The average molecular weight is 234 g/mol. The fourth-order valence-electron chi connectivity index (χ4n) is 2.44. The summed E-state index contributed by atoms with van der Waals surface area (Å²) in [5.74, 6) is 1.68. The van der Waals surface area contributed by atoms with Crippen LogP contribution in [0.25, 0.3) is 0 Å². The molecule has 3 heteroatoms. The number of aromatic nitrogens is 1. The first kappa shape index (κ1) is 12.4. The molecule has 1 saturated carbocycles. The van der Waals surface area contributed by atoms with E-state index in [1.807, 2.05) is 25.5 Å². The lowest BCUT2D eigenvalue weighted by atomic mass is 9.90. The van der Waals surface area contributed by atoms with Crippen molar-refractivity contribution in [2.24, 2.45) is 5.92 Å². The van der Waals surface area contributed by atoms with Gasteiger partial charge in [-0.05, 0) is 31.9 Å². The number of hydrogen-bond acceptors (Lipinski definition) is 3. The summed E-state index contributed by atoms with van der Waals surface area (Å²) in [6, 6.07) is 2.02. The third kappa shape index (κ3) is 3.70. The Kier molecular flexibility index (Phi) is 4.80. The van der Waals surface area contributed by atoms with E-state index in [-0.39, 0.29) is 0 Å². The normalized spacial score (nSPS) is 17.0. The third-order valence-corrected chi connectivity index (χ3v) is 3.44. The molecule has 1 N–H and O–H groups in total. The van der Waals surface area contributed by atoms with Gasteiger partial charge in [0.05, 0.1) is 12.8 Å². The number of nitrogens with one attached hydrogen (secondary N) is 1. The van der Waals surface area contributed by atoms with Gasteiger partial charge in [-0.2, -0.15) is 0 Å². The first-order chi connectivity index (χ1) is 8.40. The van der Waals surface area contributed by atoms with Crippen molar-refractivity contribution in [3.05, 3.63) is 24.0 Å². The zero-order valence-corrected chi connectivity index (χ0v) is 10.6. The molecule has 1 aromatic heterocycles. The quantitative estimate of drug-likeness (QED) is 0.850. The van der Waals surface area contributed by atoms with Gasteiger partial charge < -0.3 is 10.1 Å². The minimum atomic E-state index is 0.742. The molecule has 1 aromatic rings. The van der Waals surface area contributed by atoms with Crippen molar-refractivity contribution in [3.8, 4) is 5.75 Å². The van der Waals surface area contributed by atoms with E-state index in [0.29, 0.717) is 0 Å². The number of rotatable bonds is 5. The van der Waals surface area contributed by atoms with Gasteiger partial charge in [0.25, 0.3) is 0 Å². The molecule has 0 spiro atoms. The van der Waals surface area contributed by atoms with Gasteiger partial charge in [-0.3, -0.25) is 4.98 Å². The molecule has 1 heterocycles. The van der Waals surface area contributed by atoms with Gasteiger partial charge in [0.2, 0.25) is 0 Å². The van der Waals surface area contributed by atoms with Crippen molar-refractivity contribution in [2.75, 3.05) is 13.7 Å². The van der Waals surface area contributed by atoms with Crippen LogP contribution in [-0.4, -0.2) is 18.6 Å². The lowest BCUT2D eigenvalue weighted by Gasteiger charge is -2.22. The average Bonchev–Trinajstić information content (AvgIpc) is 2.39. The van der Waals surface area contributed by atoms with Gasteiger partial charge >= 0.3 is 0 Å². The maximum Gasteiger partial charge on any atom is 0.142 e. The standard InChI is InChI=1S/C14H22N2O/c1-15-9-13-7-8-16-10-14(13)17-11-12-5-3-2-4-6-12/h7-8,10,12,15H,2-6,9,11H2,1H3. The zero-order valence-electron chi connectivity index (χ0n) is 10.6. The SMILES string of the molecule is CNCc1ccncc1OCC1CCCCC1. The van der Waals surface area contributed by atoms with E-state index in [2.05, 4.69) is 10.3 Å². The predicted molar refractivity (Wildman–Crippen MR) is 69.1 cm³/mol. The summed E-state index contributed by atoms with van der Waals surface area (Å²) in [7, 11) is 1.95. The Bertz CT molecular complexity index is 335. The summed E-state index contributed by atoms with van der Waals surface area (Å²) in [6.07, 6.45) is 10.4. The second-order valence-corrected chi connectivity index (χ2v) is 4.83. The summed E-state index contributed by atoms with van der Waals surface area (Å²) < 4.78 is 5.93. The Hall–Kier alpha value is -1.09. The topological polar surface area (TPSA) is 34.2 Å². The number of ether oxygens (including phenoxy) is 1. The molecule has 0 unspecified atom stereocenters. The predicted octanol–water partition coefficient (Wildman–Crippen LogP) is 2.76. The van der Waals surface area contributed by atoms with Gasteiger partial charge in [-0.15, -0.1) is 0 Å². The van der Waals surface area contributed by atoms with E-state index in [1.54, 1.807) is 0 Å². The molecule has 94 valence electrons. The van der Waals surface area contributed by atoms with Crippen molar-refractivity contribution >= 4 is 0 Å². The second kappa shape index (κ2) is 6.60. The Morgan fingerprint density at radius 2 is 2.18 bits per heavy atom. The van der Waals surface area contributed by atoms with E-state index in [0.717, 1.165) is 24.8 Å². The molecular formula is C14H22N2O. The number of hydrogen-bond donors (Lipinski definition) is 1. The Morgan fingerprint density at radius 1 is 1.35 bits per heavy atom. The summed E-state index contributed by atoms with van der Waals surface area (Å²) in [5, 5.41) is 3.15. The van der Waals surface area contributed by atoms with Crippen LogP contribution in [0.1, 0.15) is 37.7 Å². The lowest BCUT2D eigenvalue weighted by molar-refractivity contribution is 0.206. The van der Waals surface area contributed by atoms with Gasteiger partial charge in [-0.25, -0.2) is 0 Å². The maximum atomic E-state index is 5.93. The van der Waals surface area contributed by atoms with Crippen molar-refractivity contribution < 1.29 is 4.74 Å². The highest BCUT2D eigenvalue weighted by molar-refractivity contribution is 5.29. The number of nitrogens with zero attached hydrogens (tertiary/aromatic N) is 1. The Morgan fingerprint density at radius 3 is 2.94 bits per heavy atom. The fourth-order valence-corrected chi connectivity index (χ4v) is 2.44. The molecule has 0 bridgehead atoms. The molecule has 0 aromatic carbocycles. The van der Waals surface area contributed by atoms with Crippen LogP contribution < -0.4 is 10.1 Å². The van der Waals surface area contributed by atoms with E-state index in [4.69, 9.17) is 4.74 Å². The van der Waals surface area contributed by atoms with E-state index in [9.17, 15) is 0 Å². The van der Waals surface area contributed by atoms with Crippen LogP contribution in [-0.2, 0) is 6.54 Å². The van der Waals surface area contributed by atoms with E-state index >= 15 is 0 Å². The van der Waals surface area contributed by atoms with Crippen molar-refractivity contribution in [1.29, 1.82) is 0 Å². The molecule has 0 saturated heterocycles. The molecule has 0 aliphatic heterocycles. The minimum Gasteiger partial charge on any atom is -0.491 e. The smallest absolute Gasteiger partial charge is 0.142 e. The lowest BCUT2D eigenvalue weighted by Crippen LogP contribution is -2.16. The molecule has 1 fully saturated rings. The van der Waals surface area contributed by atoms with Crippen molar-refractivity contribution in [1.82, 2.24) is 10.3 Å². The minimum absolute atomic E-state index is 0.742. The molecular weight excluding hydrogens is 212 g/mol. The van der Waals surface area contributed by atoms with Crippen molar-refractivity contribution in [2.45, 2.75) is 38.6 Å². The molecule has 0 radical (unpaired) electrons. The highest BCUT2D eigenvalue weighted by Gasteiger charge is 2.14. The maximum absolute atomic E-state index is 5.93. The molecule has 0 atom stereocenters. The van der Waals surface area contributed by atoms with Gasteiger partial charge in [0, 0.05) is 18.3 Å². The van der Waals surface area contributed by atoms with Crippen LogP contribution in [0, 0.1) is 5.92 Å². The summed E-state index contributed by atoms with van der Waals surface area (Å²) in [5.41, 5.74) is 1.19. The van der Waals surface area contributed by atoms with Crippen LogP contribution in [0.5, 0.6) is 5.75 Å². The summed E-state index contributed by atoms with van der Waals surface area (Å²) >= 11 is 0. The Labute approximate surface area is 104 Å². The van der Waals surface area contributed by atoms with Crippen molar-refractivity contribution in [3.63, 3.8) is 0 Å². The third-order valence-electron chi connectivity index (χ3n) is 3.44. The molecule has 3 nitrogen and oxygen atoms in total. The second-order valence-electron chi connectivity index (χ2n) is 4.83. The molecule has 1 aliphatic carbocycles. The van der Waals surface area contributed by atoms with Gasteiger partial charge in [0.1, 0.15) is 5.75 Å². The van der Waals surface area contributed by atoms with Crippen LogP contribution in [0.15, 0.2) is 18.5 Å². The molecule has 2 rings (SSSR count). The summed E-state index contributed by atoms with van der Waals surface area (Å²) in [6.45, 7) is 1.69. The van der Waals surface area contributed by atoms with Crippen LogP contribution >= 0.6 is 0 Å². The Balaban J connectivity index is 1.88. The zero-order chi connectivity index (χ0) is 11.9. The van der Waals surface area contributed by atoms with E-state index in [1.165, 1.54) is 37.7 Å². The van der Waals surface area contributed by atoms with Gasteiger partial charge in [-0.1, -0.05) is 19.3 Å². The highest BCUT2D eigenvalue weighted by atomic mass is 16.5. The monoisotopic (exact) mass is 234 g/mol. The van der Waals surface area contributed by atoms with Crippen LogP contribution in [0.4, 0.5) is 0 Å². The molecule has 17 heavy (non-hydrogen) atoms. The van der Waals surface area contributed by atoms with E-state index < -0.39 is 0 Å².